The van der Waals surface area contributed by atoms with Crippen molar-refractivity contribution < 1.29 is 0 Å². The van der Waals surface area contributed by atoms with E-state index in [9.17, 15) is 0 Å². The van der Waals surface area contributed by atoms with Crippen molar-refractivity contribution >= 4 is 11.4 Å². The molecule has 0 bridgehead atoms. The summed E-state index contributed by atoms with van der Waals surface area (Å²) in [6.07, 6.45) is 7.39. The van der Waals surface area contributed by atoms with Crippen LogP contribution in [0.1, 0.15) is 72.9 Å². The summed E-state index contributed by atoms with van der Waals surface area (Å²) < 4.78 is 0. The standard InChI is InChI=1S/C27H37N/c1-9-11-12-23(10-2)28(24-17-13-21(14-18-24)26(3,4)5)25-19-15-22(16-20-25)27(6,7)8/h9,11-20H,10H2,1-8H3/b11-9-,23-12+. The van der Waals surface area contributed by atoms with E-state index in [2.05, 4.69) is 127 Å². The topological polar surface area (TPSA) is 3.24 Å². The smallest absolute Gasteiger partial charge is 0.0458 e. The van der Waals surface area contributed by atoms with E-state index < -0.39 is 0 Å². The summed E-state index contributed by atoms with van der Waals surface area (Å²) in [7, 11) is 0. The highest BCUT2D eigenvalue weighted by atomic mass is 15.1. The summed E-state index contributed by atoms with van der Waals surface area (Å²) in [6, 6.07) is 18.0. The second kappa shape index (κ2) is 8.82. The van der Waals surface area contributed by atoms with Crippen molar-refractivity contribution in [3.63, 3.8) is 0 Å². The molecule has 0 aromatic heterocycles. The number of hydrogen-bond acceptors (Lipinski definition) is 1. The second-order valence-electron chi connectivity index (χ2n) is 9.47. The zero-order chi connectivity index (χ0) is 20.9. The van der Waals surface area contributed by atoms with Crippen molar-refractivity contribution in [1.82, 2.24) is 0 Å². The van der Waals surface area contributed by atoms with E-state index in [0.717, 1.165) is 6.42 Å². The summed E-state index contributed by atoms with van der Waals surface area (Å²) >= 11 is 0. The lowest BCUT2D eigenvalue weighted by Gasteiger charge is -2.29. The molecule has 0 saturated carbocycles. The molecule has 0 aliphatic carbocycles. The number of allylic oxidation sites excluding steroid dienone is 4. The summed E-state index contributed by atoms with van der Waals surface area (Å²) in [5, 5.41) is 0. The molecule has 0 saturated heterocycles. The fourth-order valence-corrected chi connectivity index (χ4v) is 3.26. The van der Waals surface area contributed by atoms with Gasteiger partial charge in [-0.05, 0) is 65.6 Å². The van der Waals surface area contributed by atoms with Gasteiger partial charge < -0.3 is 4.90 Å². The Morgan fingerprint density at radius 3 is 1.43 bits per heavy atom. The van der Waals surface area contributed by atoms with Gasteiger partial charge >= 0.3 is 0 Å². The third-order valence-corrected chi connectivity index (χ3v) is 5.11. The van der Waals surface area contributed by atoms with Crippen molar-refractivity contribution in [2.75, 3.05) is 4.90 Å². The summed E-state index contributed by atoms with van der Waals surface area (Å²) in [5.41, 5.74) is 6.72. The molecule has 1 nitrogen and oxygen atoms in total. The first-order chi connectivity index (χ1) is 13.1. The van der Waals surface area contributed by atoms with Crippen molar-refractivity contribution in [2.45, 2.75) is 72.6 Å². The molecule has 150 valence electrons. The molecule has 0 amide bonds. The Morgan fingerprint density at radius 2 is 1.14 bits per heavy atom. The minimum Gasteiger partial charge on any atom is -0.314 e. The Morgan fingerprint density at radius 1 is 0.750 bits per heavy atom. The average Bonchev–Trinajstić information content (AvgIpc) is 2.64. The van der Waals surface area contributed by atoms with Gasteiger partial charge in [-0.25, -0.2) is 0 Å². The molecule has 0 unspecified atom stereocenters. The van der Waals surface area contributed by atoms with E-state index in [-0.39, 0.29) is 10.8 Å². The third kappa shape index (κ3) is 5.38. The molecular formula is C27H37N. The number of anilines is 2. The van der Waals surface area contributed by atoms with E-state index in [0.29, 0.717) is 0 Å². The molecule has 2 aromatic rings. The molecule has 2 rings (SSSR count). The summed E-state index contributed by atoms with van der Waals surface area (Å²) in [5.74, 6) is 0. The highest BCUT2D eigenvalue weighted by molar-refractivity contribution is 5.69. The van der Waals surface area contributed by atoms with E-state index in [1.165, 1.54) is 28.2 Å². The Balaban J connectivity index is 2.54. The number of rotatable bonds is 5. The van der Waals surface area contributed by atoms with Crippen LogP contribution < -0.4 is 4.90 Å². The molecule has 0 N–H and O–H groups in total. The van der Waals surface area contributed by atoms with E-state index in [4.69, 9.17) is 0 Å². The highest BCUT2D eigenvalue weighted by Gasteiger charge is 2.18. The predicted molar refractivity (Wildman–Crippen MR) is 126 cm³/mol. The van der Waals surface area contributed by atoms with Gasteiger partial charge in [0.1, 0.15) is 0 Å². The number of hydrogen-bond donors (Lipinski definition) is 0. The lowest BCUT2D eigenvalue weighted by molar-refractivity contribution is 0.590. The monoisotopic (exact) mass is 375 g/mol. The first-order valence-electron chi connectivity index (χ1n) is 10.4. The molecule has 28 heavy (non-hydrogen) atoms. The van der Waals surface area contributed by atoms with Gasteiger partial charge in [-0.2, -0.15) is 0 Å². The Bertz CT molecular complexity index is 749. The van der Waals surface area contributed by atoms with E-state index in [1.54, 1.807) is 0 Å². The van der Waals surface area contributed by atoms with Crippen molar-refractivity contribution in [3.8, 4) is 0 Å². The number of nitrogens with zero attached hydrogens (tertiary/aromatic N) is 1. The van der Waals surface area contributed by atoms with Crippen LogP contribution in [-0.2, 0) is 10.8 Å². The fraction of sp³-hybridized carbons (Fsp3) is 0.407. The maximum atomic E-state index is 2.37. The second-order valence-corrected chi connectivity index (χ2v) is 9.47. The minimum atomic E-state index is 0.159. The van der Waals surface area contributed by atoms with Gasteiger partial charge in [-0.1, -0.05) is 84.9 Å². The van der Waals surface area contributed by atoms with Gasteiger partial charge in [-0.15, -0.1) is 0 Å². The SMILES string of the molecule is C/C=C\C=C(/CC)N(c1ccc(C(C)(C)C)cc1)c1ccc(C(C)(C)C)cc1. The summed E-state index contributed by atoms with van der Waals surface area (Å²) in [4.78, 5) is 2.37. The molecule has 0 fully saturated rings. The van der Waals surface area contributed by atoms with Crippen LogP contribution in [0.3, 0.4) is 0 Å². The fourth-order valence-electron chi connectivity index (χ4n) is 3.26. The van der Waals surface area contributed by atoms with Crippen LogP contribution in [0.25, 0.3) is 0 Å². The minimum absolute atomic E-state index is 0.159. The van der Waals surface area contributed by atoms with Gasteiger partial charge in [0.25, 0.3) is 0 Å². The van der Waals surface area contributed by atoms with Gasteiger partial charge in [0.2, 0.25) is 0 Å². The number of benzene rings is 2. The normalized spacial score (nSPS) is 13.2. The molecule has 0 atom stereocenters. The first kappa shape index (κ1) is 22.0. The molecule has 0 radical (unpaired) electrons. The third-order valence-electron chi connectivity index (χ3n) is 5.11. The van der Waals surface area contributed by atoms with Crippen LogP contribution in [0.4, 0.5) is 11.4 Å². The average molecular weight is 376 g/mol. The molecule has 0 heterocycles. The van der Waals surface area contributed by atoms with Crippen LogP contribution in [0.15, 0.2) is 72.5 Å². The lowest BCUT2D eigenvalue weighted by atomic mass is 9.86. The van der Waals surface area contributed by atoms with Crippen LogP contribution in [-0.4, -0.2) is 0 Å². The Labute approximate surface area is 172 Å². The van der Waals surface area contributed by atoms with Gasteiger partial charge in [0.05, 0.1) is 0 Å². The van der Waals surface area contributed by atoms with Gasteiger partial charge in [0.15, 0.2) is 0 Å². The zero-order valence-corrected chi connectivity index (χ0v) is 19.0. The molecule has 1 heteroatoms. The van der Waals surface area contributed by atoms with E-state index in [1.807, 2.05) is 0 Å². The van der Waals surface area contributed by atoms with Crippen LogP contribution in [0.5, 0.6) is 0 Å². The molecular weight excluding hydrogens is 338 g/mol. The predicted octanol–water partition coefficient (Wildman–Crippen LogP) is 8.29. The Kier molecular flexibility index (Phi) is 6.93. The van der Waals surface area contributed by atoms with Gasteiger partial charge in [-0.3, -0.25) is 0 Å². The largest absolute Gasteiger partial charge is 0.314 e. The maximum Gasteiger partial charge on any atom is 0.0458 e. The lowest BCUT2D eigenvalue weighted by Crippen LogP contribution is -2.18. The highest BCUT2D eigenvalue weighted by Crippen LogP contribution is 2.34. The maximum absolute atomic E-state index is 2.37. The van der Waals surface area contributed by atoms with Crippen LogP contribution >= 0.6 is 0 Å². The Hall–Kier alpha value is -2.28. The zero-order valence-electron chi connectivity index (χ0n) is 19.0. The molecule has 0 spiro atoms. The van der Waals surface area contributed by atoms with Crippen LogP contribution in [0, 0.1) is 0 Å². The van der Waals surface area contributed by atoms with Crippen molar-refractivity contribution in [3.05, 3.63) is 83.6 Å². The van der Waals surface area contributed by atoms with Crippen LogP contribution in [0.2, 0.25) is 0 Å². The summed E-state index contributed by atoms with van der Waals surface area (Å²) in [6.45, 7) is 17.8. The molecule has 2 aromatic carbocycles. The molecule has 0 aliphatic rings. The quantitative estimate of drug-likeness (QED) is 0.475. The van der Waals surface area contributed by atoms with Crippen molar-refractivity contribution in [2.24, 2.45) is 0 Å². The van der Waals surface area contributed by atoms with Gasteiger partial charge in [0, 0.05) is 17.1 Å². The van der Waals surface area contributed by atoms with Crippen molar-refractivity contribution in [1.29, 1.82) is 0 Å². The first-order valence-corrected chi connectivity index (χ1v) is 10.4. The molecule has 0 aliphatic heterocycles. The van der Waals surface area contributed by atoms with E-state index >= 15 is 0 Å².